The summed E-state index contributed by atoms with van der Waals surface area (Å²) in [7, 11) is 0. The van der Waals surface area contributed by atoms with Gasteiger partial charge in [-0.3, -0.25) is 4.98 Å². The molecule has 0 spiro atoms. The Kier molecular flexibility index (Phi) is 5.05. The molecule has 19 heavy (non-hydrogen) atoms. The van der Waals surface area contributed by atoms with Crippen LogP contribution in [0.1, 0.15) is 24.2 Å². The fraction of sp³-hybridized carbons (Fsp3) is 0.267. The summed E-state index contributed by atoms with van der Waals surface area (Å²) in [5.74, 6) is -0.263. The number of aromatic nitrogens is 1. The average Bonchev–Trinajstić information content (AvgIpc) is 2.41. The lowest BCUT2D eigenvalue weighted by Gasteiger charge is -2.18. The summed E-state index contributed by atoms with van der Waals surface area (Å²) in [6.07, 6.45) is 2.33. The molecule has 2 rings (SSSR count). The van der Waals surface area contributed by atoms with E-state index in [0.717, 1.165) is 16.6 Å². The molecule has 0 saturated carbocycles. The van der Waals surface area contributed by atoms with E-state index >= 15 is 0 Å². The fourth-order valence-corrected chi connectivity index (χ4v) is 2.50. The fourth-order valence-electron chi connectivity index (χ4n) is 2.05. The van der Waals surface area contributed by atoms with Crippen molar-refractivity contribution in [1.29, 1.82) is 0 Å². The van der Waals surface area contributed by atoms with Crippen LogP contribution in [0, 0.1) is 5.82 Å². The Bertz CT molecular complexity index is 545. The maximum atomic E-state index is 13.9. The summed E-state index contributed by atoms with van der Waals surface area (Å²) in [6.45, 7) is 2.78. The number of likely N-dealkylation sites (N-methyl/N-ethyl adjacent to an activating group) is 1. The molecule has 2 nitrogen and oxygen atoms in total. The van der Waals surface area contributed by atoms with Crippen LogP contribution >= 0.6 is 15.9 Å². The average molecular weight is 323 g/mol. The molecule has 1 N–H and O–H groups in total. The molecule has 0 aliphatic heterocycles. The summed E-state index contributed by atoms with van der Waals surface area (Å²) >= 11 is 3.53. The minimum absolute atomic E-state index is 0.120. The van der Waals surface area contributed by atoms with Crippen LogP contribution in [0.2, 0.25) is 0 Å². The van der Waals surface area contributed by atoms with Gasteiger partial charge in [0.15, 0.2) is 0 Å². The predicted molar refractivity (Wildman–Crippen MR) is 78.5 cm³/mol. The second-order valence-electron chi connectivity index (χ2n) is 4.28. The summed E-state index contributed by atoms with van der Waals surface area (Å²) in [5.41, 5.74) is 1.61. The molecule has 100 valence electrons. The number of hydrogen-bond acceptors (Lipinski definition) is 2. The molecule has 0 amide bonds. The van der Waals surface area contributed by atoms with Gasteiger partial charge in [0.25, 0.3) is 0 Å². The molecule has 0 fully saturated rings. The summed E-state index contributed by atoms with van der Waals surface area (Å²) < 4.78 is 14.9. The number of nitrogens with one attached hydrogen (secondary N) is 1. The van der Waals surface area contributed by atoms with E-state index in [1.807, 2.05) is 31.2 Å². The lowest BCUT2D eigenvalue weighted by Crippen LogP contribution is -2.25. The normalized spacial score (nSPS) is 12.4. The first-order valence-electron chi connectivity index (χ1n) is 6.29. The van der Waals surface area contributed by atoms with Crippen LogP contribution in [0.3, 0.4) is 0 Å². The van der Waals surface area contributed by atoms with Gasteiger partial charge in [0.05, 0.1) is 11.7 Å². The predicted octanol–water partition coefficient (Wildman–Crippen LogP) is 3.88. The van der Waals surface area contributed by atoms with Gasteiger partial charge in [0.1, 0.15) is 5.82 Å². The van der Waals surface area contributed by atoms with Gasteiger partial charge in [0, 0.05) is 10.7 Å². The van der Waals surface area contributed by atoms with Crippen molar-refractivity contribution in [2.45, 2.75) is 19.4 Å². The van der Waals surface area contributed by atoms with Gasteiger partial charge in [-0.1, -0.05) is 41.1 Å². The summed E-state index contributed by atoms with van der Waals surface area (Å²) in [4.78, 5) is 4.17. The molecule has 1 heterocycles. The zero-order valence-electron chi connectivity index (χ0n) is 10.7. The van der Waals surface area contributed by atoms with E-state index in [2.05, 4.69) is 26.2 Å². The molecular weight excluding hydrogens is 307 g/mol. The Labute approximate surface area is 121 Å². The van der Waals surface area contributed by atoms with Crippen LogP contribution in [-0.4, -0.2) is 11.5 Å². The number of rotatable bonds is 5. The number of nitrogens with zero attached hydrogens (tertiary/aromatic N) is 1. The van der Waals surface area contributed by atoms with Crippen LogP contribution in [0.25, 0.3) is 0 Å². The summed E-state index contributed by atoms with van der Waals surface area (Å²) in [5, 5.41) is 3.29. The molecule has 4 heteroatoms. The van der Waals surface area contributed by atoms with Crippen molar-refractivity contribution in [3.8, 4) is 0 Å². The molecular formula is C15H16BrFN2. The molecule has 0 bridgehead atoms. The molecule has 0 aliphatic carbocycles. The molecule has 0 aliphatic rings. The van der Waals surface area contributed by atoms with E-state index in [-0.39, 0.29) is 11.9 Å². The highest BCUT2D eigenvalue weighted by Gasteiger charge is 2.17. The lowest BCUT2D eigenvalue weighted by molar-refractivity contribution is 0.494. The van der Waals surface area contributed by atoms with E-state index in [1.54, 1.807) is 12.3 Å². The smallest absolute Gasteiger partial charge is 0.146 e. The van der Waals surface area contributed by atoms with Crippen LogP contribution in [0.15, 0.2) is 47.1 Å². The Hall–Kier alpha value is -1.26. The van der Waals surface area contributed by atoms with Crippen molar-refractivity contribution < 1.29 is 4.39 Å². The monoisotopic (exact) mass is 322 g/mol. The van der Waals surface area contributed by atoms with Crippen molar-refractivity contribution in [1.82, 2.24) is 10.3 Å². The third-order valence-corrected chi connectivity index (χ3v) is 3.72. The van der Waals surface area contributed by atoms with E-state index in [9.17, 15) is 4.39 Å². The zero-order chi connectivity index (χ0) is 13.7. The lowest BCUT2D eigenvalue weighted by atomic mass is 10.0. The van der Waals surface area contributed by atoms with Crippen molar-refractivity contribution in [2.24, 2.45) is 0 Å². The quantitative estimate of drug-likeness (QED) is 0.903. The van der Waals surface area contributed by atoms with Crippen LogP contribution in [0.4, 0.5) is 4.39 Å². The molecule has 1 aromatic heterocycles. The number of halogens is 2. The number of pyridine rings is 1. The van der Waals surface area contributed by atoms with E-state index < -0.39 is 0 Å². The SMILES string of the molecule is CCNC(Cc1ccccc1Br)c1ncccc1F. The summed E-state index contributed by atoms with van der Waals surface area (Å²) in [6, 6.07) is 10.9. The minimum Gasteiger partial charge on any atom is -0.309 e. The molecule has 0 saturated heterocycles. The van der Waals surface area contributed by atoms with E-state index in [0.29, 0.717) is 12.1 Å². The van der Waals surface area contributed by atoms with Gasteiger partial charge in [-0.05, 0) is 36.7 Å². The first-order valence-corrected chi connectivity index (χ1v) is 7.09. The molecule has 1 atom stereocenters. The van der Waals surface area contributed by atoms with Crippen LogP contribution in [-0.2, 0) is 6.42 Å². The second-order valence-corrected chi connectivity index (χ2v) is 5.13. The van der Waals surface area contributed by atoms with E-state index in [1.165, 1.54) is 6.07 Å². The standard InChI is InChI=1S/C15H16BrFN2/c1-2-18-14(15-13(17)8-5-9-19-15)10-11-6-3-4-7-12(11)16/h3-9,14,18H,2,10H2,1H3. The second kappa shape index (κ2) is 6.78. The molecule has 2 aromatic rings. The zero-order valence-corrected chi connectivity index (χ0v) is 12.3. The van der Waals surface area contributed by atoms with Crippen LogP contribution in [0.5, 0.6) is 0 Å². The minimum atomic E-state index is -0.263. The van der Waals surface area contributed by atoms with Gasteiger partial charge in [-0.2, -0.15) is 0 Å². The van der Waals surface area contributed by atoms with Crippen molar-refractivity contribution >= 4 is 15.9 Å². The molecule has 1 aromatic carbocycles. The van der Waals surface area contributed by atoms with Gasteiger partial charge >= 0.3 is 0 Å². The maximum Gasteiger partial charge on any atom is 0.146 e. The Balaban J connectivity index is 2.27. The van der Waals surface area contributed by atoms with Crippen molar-refractivity contribution in [3.63, 3.8) is 0 Å². The number of benzene rings is 1. The third kappa shape index (κ3) is 3.61. The van der Waals surface area contributed by atoms with Crippen molar-refractivity contribution in [2.75, 3.05) is 6.54 Å². The van der Waals surface area contributed by atoms with Crippen molar-refractivity contribution in [3.05, 3.63) is 64.1 Å². The highest BCUT2D eigenvalue weighted by atomic mass is 79.9. The highest BCUT2D eigenvalue weighted by Crippen LogP contribution is 2.24. The third-order valence-electron chi connectivity index (χ3n) is 2.95. The van der Waals surface area contributed by atoms with Gasteiger partial charge in [-0.25, -0.2) is 4.39 Å². The number of hydrogen-bond donors (Lipinski definition) is 1. The maximum absolute atomic E-state index is 13.9. The van der Waals surface area contributed by atoms with Gasteiger partial charge < -0.3 is 5.32 Å². The Morgan fingerprint density at radius 3 is 2.74 bits per heavy atom. The first-order chi connectivity index (χ1) is 9.22. The van der Waals surface area contributed by atoms with Crippen LogP contribution < -0.4 is 5.32 Å². The van der Waals surface area contributed by atoms with Gasteiger partial charge in [-0.15, -0.1) is 0 Å². The van der Waals surface area contributed by atoms with Gasteiger partial charge in [0.2, 0.25) is 0 Å². The first kappa shape index (κ1) is 14.2. The molecule has 0 radical (unpaired) electrons. The highest BCUT2D eigenvalue weighted by molar-refractivity contribution is 9.10. The topological polar surface area (TPSA) is 24.9 Å². The largest absolute Gasteiger partial charge is 0.309 e. The molecule has 1 unspecified atom stereocenters. The van der Waals surface area contributed by atoms with E-state index in [4.69, 9.17) is 0 Å². The Morgan fingerprint density at radius 2 is 2.05 bits per heavy atom. The Morgan fingerprint density at radius 1 is 1.26 bits per heavy atom.